The number of benzene rings is 2. The van der Waals surface area contributed by atoms with Crippen molar-refractivity contribution in [2.75, 3.05) is 0 Å². The standard InChI is InChI=1S/C32H35F3O2/c1-4-10-30(32(33,34)35)21-22-31(37)23-27(12-9-8-11-24(2)25(3)36)16-15-26-17-19-29(20-18-26)28-13-6-5-7-14-28/h4-10,13-14,17-22,24,27H,1,11-12,15-16,23H2,2-3H3/b9-8+,22-21+,30-10+. The van der Waals surface area contributed by atoms with Crippen LogP contribution in [-0.4, -0.2) is 17.7 Å². The van der Waals surface area contributed by atoms with Crippen molar-refractivity contribution in [2.45, 2.75) is 52.1 Å². The maximum Gasteiger partial charge on any atom is 0.416 e. The second-order valence-corrected chi connectivity index (χ2v) is 9.28. The second-order valence-electron chi connectivity index (χ2n) is 9.28. The Labute approximate surface area is 218 Å². The molecule has 0 saturated carbocycles. The van der Waals surface area contributed by atoms with Crippen LogP contribution in [0.5, 0.6) is 0 Å². The van der Waals surface area contributed by atoms with Crippen LogP contribution >= 0.6 is 0 Å². The van der Waals surface area contributed by atoms with Gasteiger partial charge >= 0.3 is 6.18 Å². The quantitative estimate of drug-likeness (QED) is 0.145. The molecule has 0 amide bonds. The van der Waals surface area contributed by atoms with Gasteiger partial charge in [0.15, 0.2) is 5.78 Å². The summed E-state index contributed by atoms with van der Waals surface area (Å²) in [7, 11) is 0. The summed E-state index contributed by atoms with van der Waals surface area (Å²) in [6, 6.07) is 18.4. The van der Waals surface area contributed by atoms with Crippen molar-refractivity contribution in [3.05, 3.63) is 109 Å². The highest BCUT2D eigenvalue weighted by atomic mass is 19.4. The fourth-order valence-corrected chi connectivity index (χ4v) is 3.83. The Morgan fingerprint density at radius 3 is 2.14 bits per heavy atom. The number of hydrogen-bond donors (Lipinski definition) is 0. The molecule has 0 bridgehead atoms. The van der Waals surface area contributed by atoms with E-state index in [1.807, 2.05) is 37.3 Å². The van der Waals surface area contributed by atoms with Crippen LogP contribution in [0.3, 0.4) is 0 Å². The zero-order chi connectivity index (χ0) is 27.3. The maximum absolute atomic E-state index is 13.1. The highest BCUT2D eigenvalue weighted by Gasteiger charge is 2.31. The van der Waals surface area contributed by atoms with E-state index < -0.39 is 11.7 Å². The summed E-state index contributed by atoms with van der Waals surface area (Å²) in [4.78, 5) is 24.0. The second kappa shape index (κ2) is 14.9. The van der Waals surface area contributed by atoms with E-state index in [0.29, 0.717) is 19.3 Å². The van der Waals surface area contributed by atoms with Gasteiger partial charge in [0.25, 0.3) is 0 Å². The molecule has 0 spiro atoms. The monoisotopic (exact) mass is 508 g/mol. The molecule has 5 heteroatoms. The average molecular weight is 509 g/mol. The smallest absolute Gasteiger partial charge is 0.300 e. The van der Waals surface area contributed by atoms with Gasteiger partial charge in [0.1, 0.15) is 5.78 Å². The molecule has 196 valence electrons. The predicted molar refractivity (Wildman–Crippen MR) is 145 cm³/mol. The van der Waals surface area contributed by atoms with E-state index >= 15 is 0 Å². The van der Waals surface area contributed by atoms with Gasteiger partial charge < -0.3 is 0 Å². The van der Waals surface area contributed by atoms with Gasteiger partial charge in [-0.15, -0.1) is 0 Å². The summed E-state index contributed by atoms with van der Waals surface area (Å²) in [5.74, 6) is -0.338. The van der Waals surface area contributed by atoms with Crippen molar-refractivity contribution in [3.63, 3.8) is 0 Å². The maximum atomic E-state index is 13.1. The molecule has 0 aliphatic rings. The van der Waals surface area contributed by atoms with Crippen LogP contribution in [0, 0.1) is 11.8 Å². The molecule has 2 unspecified atom stereocenters. The molecule has 2 aromatic rings. The zero-order valence-corrected chi connectivity index (χ0v) is 21.5. The summed E-state index contributed by atoms with van der Waals surface area (Å²) in [5, 5.41) is 0. The summed E-state index contributed by atoms with van der Waals surface area (Å²) in [6.07, 6.45) is 5.93. The highest BCUT2D eigenvalue weighted by Crippen LogP contribution is 2.27. The Morgan fingerprint density at radius 1 is 0.919 bits per heavy atom. The lowest BCUT2D eigenvalue weighted by atomic mass is 9.90. The Hall–Kier alpha value is -3.47. The van der Waals surface area contributed by atoms with Crippen molar-refractivity contribution in [1.29, 1.82) is 0 Å². The Bertz CT molecular complexity index is 1110. The molecular weight excluding hydrogens is 473 g/mol. The van der Waals surface area contributed by atoms with E-state index in [1.54, 1.807) is 6.92 Å². The number of carbonyl (C=O) groups excluding carboxylic acids is 2. The fraction of sp³-hybridized carbons (Fsp3) is 0.312. The largest absolute Gasteiger partial charge is 0.416 e. The third-order valence-electron chi connectivity index (χ3n) is 6.29. The number of hydrogen-bond acceptors (Lipinski definition) is 2. The van der Waals surface area contributed by atoms with Gasteiger partial charge in [-0.25, -0.2) is 0 Å². The summed E-state index contributed by atoms with van der Waals surface area (Å²) in [6.45, 7) is 6.73. The number of rotatable bonds is 14. The van der Waals surface area contributed by atoms with Gasteiger partial charge in [0.05, 0.1) is 5.57 Å². The molecule has 0 saturated heterocycles. The molecule has 2 nitrogen and oxygen atoms in total. The number of allylic oxidation sites excluding steroid dienone is 7. The van der Waals surface area contributed by atoms with Crippen molar-refractivity contribution in [3.8, 4) is 11.1 Å². The molecular formula is C32H35F3O2. The van der Waals surface area contributed by atoms with Gasteiger partial charge in [-0.05, 0) is 67.4 Å². The minimum atomic E-state index is -4.55. The minimum absolute atomic E-state index is 0.0347. The number of ketones is 2. The number of halogens is 3. The van der Waals surface area contributed by atoms with Crippen molar-refractivity contribution in [2.24, 2.45) is 11.8 Å². The van der Waals surface area contributed by atoms with Gasteiger partial charge in [-0.2, -0.15) is 13.2 Å². The van der Waals surface area contributed by atoms with Gasteiger partial charge in [-0.3, -0.25) is 9.59 Å². The lowest BCUT2D eigenvalue weighted by Gasteiger charge is -2.14. The molecule has 2 rings (SSSR count). The molecule has 0 heterocycles. The normalized spacial score (nSPS) is 14.1. The van der Waals surface area contributed by atoms with E-state index in [1.165, 1.54) is 0 Å². The molecule has 0 fully saturated rings. The first-order valence-corrected chi connectivity index (χ1v) is 12.5. The Morgan fingerprint density at radius 2 is 1.54 bits per heavy atom. The molecule has 0 aromatic heterocycles. The van der Waals surface area contributed by atoms with E-state index in [9.17, 15) is 22.8 Å². The molecule has 2 aromatic carbocycles. The van der Waals surface area contributed by atoms with Crippen molar-refractivity contribution < 1.29 is 22.8 Å². The predicted octanol–water partition coefficient (Wildman–Crippen LogP) is 8.65. The van der Waals surface area contributed by atoms with Crippen LogP contribution < -0.4 is 0 Å². The lowest BCUT2D eigenvalue weighted by molar-refractivity contribution is -0.120. The lowest BCUT2D eigenvalue weighted by Crippen LogP contribution is -2.11. The highest BCUT2D eigenvalue weighted by molar-refractivity contribution is 5.90. The SMILES string of the molecule is C=C/C=C(\C=C\C(=O)CC(C/C=C/CC(C)C(C)=O)CCc1ccc(-c2ccccc2)cc1)C(F)(F)F. The van der Waals surface area contributed by atoms with Crippen LogP contribution in [0.25, 0.3) is 11.1 Å². The van der Waals surface area contributed by atoms with Gasteiger partial charge in [0, 0.05) is 12.3 Å². The molecule has 0 aliphatic carbocycles. The molecule has 0 radical (unpaired) electrons. The number of alkyl halides is 3. The van der Waals surface area contributed by atoms with E-state index in [0.717, 1.165) is 47.4 Å². The topological polar surface area (TPSA) is 34.1 Å². The van der Waals surface area contributed by atoms with Crippen LogP contribution in [0.1, 0.15) is 45.1 Å². The number of aryl methyl sites for hydroxylation is 1. The first kappa shape index (κ1) is 29.8. The van der Waals surface area contributed by atoms with Crippen molar-refractivity contribution in [1.82, 2.24) is 0 Å². The van der Waals surface area contributed by atoms with Crippen LogP contribution in [-0.2, 0) is 16.0 Å². The first-order valence-electron chi connectivity index (χ1n) is 12.5. The van der Waals surface area contributed by atoms with Crippen LogP contribution in [0.4, 0.5) is 13.2 Å². The third-order valence-corrected chi connectivity index (χ3v) is 6.29. The summed E-state index contributed by atoms with van der Waals surface area (Å²) >= 11 is 0. The summed E-state index contributed by atoms with van der Waals surface area (Å²) in [5.41, 5.74) is 2.48. The van der Waals surface area contributed by atoms with Crippen molar-refractivity contribution >= 4 is 11.6 Å². The van der Waals surface area contributed by atoms with E-state index in [-0.39, 0.29) is 29.8 Å². The third kappa shape index (κ3) is 11.0. The van der Waals surface area contributed by atoms with Crippen LogP contribution in [0.2, 0.25) is 0 Å². The minimum Gasteiger partial charge on any atom is -0.300 e. The summed E-state index contributed by atoms with van der Waals surface area (Å²) < 4.78 is 39.2. The molecule has 37 heavy (non-hydrogen) atoms. The zero-order valence-electron chi connectivity index (χ0n) is 21.5. The first-order chi connectivity index (χ1) is 17.6. The van der Waals surface area contributed by atoms with E-state index in [4.69, 9.17) is 0 Å². The van der Waals surface area contributed by atoms with E-state index in [2.05, 4.69) is 43.0 Å². The number of carbonyl (C=O) groups is 2. The van der Waals surface area contributed by atoms with Gasteiger partial charge in [-0.1, -0.05) is 92.4 Å². The molecule has 0 N–H and O–H groups in total. The fourth-order valence-electron chi connectivity index (χ4n) is 3.83. The van der Waals surface area contributed by atoms with Gasteiger partial charge in [0.2, 0.25) is 0 Å². The van der Waals surface area contributed by atoms with Crippen LogP contribution in [0.15, 0.2) is 103 Å². The molecule has 2 atom stereocenters. The average Bonchev–Trinajstić information content (AvgIpc) is 2.87. The Kier molecular flexibility index (Phi) is 12.0. The molecule has 0 aliphatic heterocycles. The number of Topliss-reactive ketones (excluding diaryl/α,β-unsaturated/α-hetero) is 1. The Balaban J connectivity index is 2.06.